The summed E-state index contributed by atoms with van der Waals surface area (Å²) < 4.78 is 11.1. The van der Waals surface area contributed by atoms with Gasteiger partial charge < -0.3 is 19.7 Å². The summed E-state index contributed by atoms with van der Waals surface area (Å²) in [5.74, 6) is 1.84. The minimum atomic E-state index is -0.265. The fourth-order valence-corrected chi connectivity index (χ4v) is 2.64. The highest BCUT2D eigenvalue weighted by molar-refractivity contribution is 5.75. The van der Waals surface area contributed by atoms with Crippen molar-refractivity contribution in [1.29, 1.82) is 0 Å². The Labute approximate surface area is 128 Å². The number of urea groups is 1. The van der Waals surface area contributed by atoms with Crippen molar-refractivity contribution in [2.75, 3.05) is 21.2 Å². The van der Waals surface area contributed by atoms with Gasteiger partial charge in [0, 0.05) is 37.5 Å². The van der Waals surface area contributed by atoms with E-state index in [4.69, 9.17) is 9.47 Å². The first-order chi connectivity index (χ1) is 10.7. The maximum absolute atomic E-state index is 12.1. The van der Waals surface area contributed by atoms with E-state index in [0.717, 1.165) is 11.1 Å². The molecule has 2 amide bonds. The van der Waals surface area contributed by atoms with Gasteiger partial charge in [0.05, 0.1) is 13.2 Å². The van der Waals surface area contributed by atoms with Gasteiger partial charge in [0.2, 0.25) is 5.88 Å². The van der Waals surface area contributed by atoms with Crippen LogP contribution in [0.25, 0.3) is 0 Å². The van der Waals surface area contributed by atoms with Crippen LogP contribution in [0.4, 0.5) is 4.79 Å². The van der Waals surface area contributed by atoms with E-state index in [1.54, 1.807) is 38.4 Å². The van der Waals surface area contributed by atoms with Gasteiger partial charge in [-0.15, -0.1) is 0 Å². The second-order valence-corrected chi connectivity index (χ2v) is 4.97. The third-order valence-electron chi connectivity index (χ3n) is 3.74. The normalized spacial score (nSPS) is 15.1. The number of nitrogens with zero attached hydrogens (tertiary/aromatic N) is 2. The van der Waals surface area contributed by atoms with E-state index < -0.39 is 0 Å². The van der Waals surface area contributed by atoms with Crippen molar-refractivity contribution < 1.29 is 14.3 Å². The van der Waals surface area contributed by atoms with Crippen LogP contribution >= 0.6 is 0 Å². The molecule has 0 bridgehead atoms. The summed E-state index contributed by atoms with van der Waals surface area (Å²) >= 11 is 0. The van der Waals surface area contributed by atoms with E-state index in [1.807, 2.05) is 24.3 Å². The molecule has 3 rings (SSSR count). The summed E-state index contributed by atoms with van der Waals surface area (Å²) in [5, 5.41) is 2.65. The largest absolute Gasteiger partial charge is 0.497 e. The Kier molecular flexibility index (Phi) is 3.58. The zero-order chi connectivity index (χ0) is 15.7. The van der Waals surface area contributed by atoms with Crippen LogP contribution in [0.1, 0.15) is 17.2 Å². The molecule has 1 aliphatic rings. The number of methoxy groups -OCH3 is 1. The van der Waals surface area contributed by atoms with Crippen LogP contribution in [0.15, 0.2) is 36.5 Å². The van der Waals surface area contributed by atoms with E-state index in [1.165, 1.54) is 0 Å². The lowest BCUT2D eigenvalue weighted by Gasteiger charge is -2.33. The molecule has 1 aliphatic heterocycles. The van der Waals surface area contributed by atoms with Crippen LogP contribution in [0.2, 0.25) is 0 Å². The lowest BCUT2D eigenvalue weighted by molar-refractivity contribution is 0.197. The third-order valence-corrected chi connectivity index (χ3v) is 3.74. The minimum absolute atomic E-state index is 0.177. The Morgan fingerprint density at radius 3 is 2.91 bits per heavy atom. The van der Waals surface area contributed by atoms with Gasteiger partial charge in [0.25, 0.3) is 0 Å². The number of benzene rings is 1. The maximum Gasteiger partial charge on any atom is 0.317 e. The predicted octanol–water partition coefficient (Wildman–Crippen LogP) is 2.56. The number of rotatable bonds is 2. The molecule has 0 radical (unpaired) electrons. The van der Waals surface area contributed by atoms with Crippen molar-refractivity contribution in [2.45, 2.75) is 6.04 Å². The Bertz CT molecular complexity index is 718. The highest BCUT2D eigenvalue weighted by atomic mass is 16.5. The smallest absolute Gasteiger partial charge is 0.317 e. The Morgan fingerprint density at radius 2 is 2.18 bits per heavy atom. The molecular formula is C16H17N3O3. The van der Waals surface area contributed by atoms with Gasteiger partial charge >= 0.3 is 6.03 Å². The summed E-state index contributed by atoms with van der Waals surface area (Å²) in [5.41, 5.74) is 1.75. The topological polar surface area (TPSA) is 63.7 Å². The number of pyridine rings is 1. The number of aromatic nitrogens is 1. The van der Waals surface area contributed by atoms with Crippen molar-refractivity contribution in [3.63, 3.8) is 0 Å². The highest BCUT2D eigenvalue weighted by Gasteiger charge is 2.33. The highest BCUT2D eigenvalue weighted by Crippen LogP contribution is 2.45. The molecule has 2 heterocycles. The predicted molar refractivity (Wildman–Crippen MR) is 81.4 cm³/mol. The minimum Gasteiger partial charge on any atom is -0.497 e. The number of ether oxygens (including phenoxy) is 2. The van der Waals surface area contributed by atoms with Crippen molar-refractivity contribution in [3.05, 3.63) is 47.7 Å². The molecule has 0 spiro atoms. The van der Waals surface area contributed by atoms with E-state index in [-0.39, 0.29) is 12.1 Å². The number of carbonyl (C=O) groups is 1. The first kappa shape index (κ1) is 14.2. The molecule has 0 aliphatic carbocycles. The second kappa shape index (κ2) is 5.55. The Balaban J connectivity index is 2.14. The maximum atomic E-state index is 12.1. The number of hydrogen-bond donors (Lipinski definition) is 1. The van der Waals surface area contributed by atoms with Gasteiger partial charge in [-0.3, -0.25) is 0 Å². The zero-order valence-electron chi connectivity index (χ0n) is 12.7. The van der Waals surface area contributed by atoms with Crippen molar-refractivity contribution in [2.24, 2.45) is 0 Å². The lowest BCUT2D eigenvalue weighted by Crippen LogP contribution is -2.39. The van der Waals surface area contributed by atoms with Gasteiger partial charge in [-0.2, -0.15) is 0 Å². The molecule has 0 fully saturated rings. The molecule has 6 nitrogen and oxygen atoms in total. The van der Waals surface area contributed by atoms with E-state index in [2.05, 4.69) is 10.3 Å². The molecule has 1 aromatic carbocycles. The van der Waals surface area contributed by atoms with Gasteiger partial charge in [-0.05, 0) is 24.3 Å². The molecular weight excluding hydrogens is 282 g/mol. The Hall–Kier alpha value is -2.76. The molecule has 6 heteroatoms. The summed E-state index contributed by atoms with van der Waals surface area (Å²) in [6.07, 6.45) is 1.67. The van der Waals surface area contributed by atoms with Crippen molar-refractivity contribution in [1.82, 2.24) is 15.2 Å². The fraction of sp³-hybridized carbons (Fsp3) is 0.250. The molecule has 1 unspecified atom stereocenters. The van der Waals surface area contributed by atoms with Crippen LogP contribution in [0, 0.1) is 0 Å². The molecule has 114 valence electrons. The van der Waals surface area contributed by atoms with E-state index >= 15 is 0 Å². The molecule has 0 saturated heterocycles. The number of nitrogens with one attached hydrogen (secondary N) is 1. The van der Waals surface area contributed by atoms with E-state index in [9.17, 15) is 4.79 Å². The molecule has 1 aromatic heterocycles. The summed E-state index contributed by atoms with van der Waals surface area (Å²) in [6.45, 7) is 0. The molecule has 2 aromatic rings. The van der Waals surface area contributed by atoms with Crippen LogP contribution in [0.5, 0.6) is 17.4 Å². The van der Waals surface area contributed by atoms with Crippen LogP contribution in [0.3, 0.4) is 0 Å². The summed E-state index contributed by atoms with van der Waals surface area (Å²) in [7, 11) is 4.96. The van der Waals surface area contributed by atoms with Gasteiger partial charge in [0.1, 0.15) is 11.5 Å². The van der Waals surface area contributed by atoms with Crippen molar-refractivity contribution >= 4 is 6.03 Å². The van der Waals surface area contributed by atoms with Gasteiger partial charge in [-0.25, -0.2) is 9.78 Å². The monoisotopic (exact) mass is 299 g/mol. The van der Waals surface area contributed by atoms with E-state index in [0.29, 0.717) is 17.4 Å². The summed E-state index contributed by atoms with van der Waals surface area (Å²) in [4.78, 5) is 18.0. The first-order valence-corrected chi connectivity index (χ1v) is 6.91. The van der Waals surface area contributed by atoms with Crippen LogP contribution in [-0.4, -0.2) is 37.1 Å². The molecule has 22 heavy (non-hydrogen) atoms. The zero-order valence-corrected chi connectivity index (χ0v) is 12.7. The van der Waals surface area contributed by atoms with Gasteiger partial charge in [-0.1, -0.05) is 0 Å². The molecule has 1 N–H and O–H groups in total. The SMILES string of the molecule is CNC(=O)N(C)C1c2ccc(OC)cc2Oc2ncccc21. The quantitative estimate of drug-likeness (QED) is 0.925. The molecule has 0 saturated carbocycles. The summed E-state index contributed by atoms with van der Waals surface area (Å²) in [6, 6.07) is 8.88. The standard InChI is InChI=1S/C16H17N3O3/c1-17-16(20)19(2)14-11-7-6-10(21-3)9-13(11)22-15-12(14)5-4-8-18-15/h4-9,14H,1-3H3,(H,17,20). The van der Waals surface area contributed by atoms with Crippen LogP contribution < -0.4 is 14.8 Å². The average Bonchev–Trinajstić information content (AvgIpc) is 2.57. The van der Waals surface area contributed by atoms with Crippen LogP contribution in [-0.2, 0) is 0 Å². The molecule has 1 atom stereocenters. The fourth-order valence-electron chi connectivity index (χ4n) is 2.64. The first-order valence-electron chi connectivity index (χ1n) is 6.91. The Morgan fingerprint density at radius 1 is 1.36 bits per heavy atom. The van der Waals surface area contributed by atoms with Crippen molar-refractivity contribution in [3.8, 4) is 17.4 Å². The average molecular weight is 299 g/mol. The number of hydrogen-bond acceptors (Lipinski definition) is 4. The number of carbonyl (C=O) groups excluding carboxylic acids is 1. The second-order valence-electron chi connectivity index (χ2n) is 4.97. The van der Waals surface area contributed by atoms with Gasteiger partial charge in [0.15, 0.2) is 0 Å². The number of fused-ring (bicyclic) bond motifs is 2. The lowest BCUT2D eigenvalue weighted by atomic mass is 9.95. The number of amides is 2. The third kappa shape index (κ3) is 2.22.